The fraction of sp³-hybridized carbons (Fsp3) is 0.185. The number of hydrogen-bond donors (Lipinski definition) is 1. The van der Waals surface area contributed by atoms with E-state index in [4.69, 9.17) is 12.2 Å². The molecule has 2 aromatic heterocycles. The Balaban J connectivity index is 1.69. The standard InChI is InChI=1S/C27H25FN4S/c1-17-15-21(12-13-23(17)28)32-26(25(30-27(32)33)24-11-7-8-14-29-24)22-16-18(2)31(19(22)3)20-9-5-4-6-10-20/h4-16,25-26H,1-3H3,(H,30,33)/t25-,26-/m1/s1. The van der Waals surface area contributed by atoms with Crippen LogP contribution in [-0.2, 0) is 0 Å². The Morgan fingerprint density at radius 3 is 2.36 bits per heavy atom. The molecule has 6 heteroatoms. The molecule has 0 radical (unpaired) electrons. The smallest absolute Gasteiger partial charge is 0.174 e. The third-order valence-corrected chi connectivity index (χ3v) is 6.64. The fourth-order valence-corrected chi connectivity index (χ4v) is 5.14. The van der Waals surface area contributed by atoms with E-state index >= 15 is 0 Å². The summed E-state index contributed by atoms with van der Waals surface area (Å²) in [6.45, 7) is 6.03. The van der Waals surface area contributed by atoms with Crippen LogP contribution in [0.25, 0.3) is 5.69 Å². The first-order chi connectivity index (χ1) is 16.0. The Hall–Kier alpha value is -3.51. The lowest BCUT2D eigenvalue weighted by molar-refractivity contribution is 0.564. The molecule has 1 fully saturated rings. The number of thiocarbonyl (C=S) groups is 1. The van der Waals surface area contributed by atoms with Gasteiger partial charge in [-0.3, -0.25) is 4.98 Å². The van der Waals surface area contributed by atoms with Crippen molar-refractivity contribution in [1.29, 1.82) is 0 Å². The van der Waals surface area contributed by atoms with Crippen molar-refractivity contribution in [2.45, 2.75) is 32.9 Å². The van der Waals surface area contributed by atoms with Crippen LogP contribution in [0.4, 0.5) is 10.1 Å². The lowest BCUT2D eigenvalue weighted by atomic mass is 9.96. The maximum atomic E-state index is 14.1. The van der Waals surface area contributed by atoms with Gasteiger partial charge in [-0.2, -0.15) is 0 Å². The van der Waals surface area contributed by atoms with E-state index in [1.807, 2.05) is 42.5 Å². The lowest BCUT2D eigenvalue weighted by Gasteiger charge is -2.28. The predicted octanol–water partition coefficient (Wildman–Crippen LogP) is 6.11. The number of para-hydroxylation sites is 1. The van der Waals surface area contributed by atoms with Gasteiger partial charge >= 0.3 is 0 Å². The van der Waals surface area contributed by atoms with Gasteiger partial charge in [0.15, 0.2) is 5.11 Å². The van der Waals surface area contributed by atoms with Crippen LogP contribution >= 0.6 is 12.2 Å². The molecule has 1 saturated heterocycles. The van der Waals surface area contributed by atoms with Crippen LogP contribution in [-0.4, -0.2) is 14.7 Å². The second-order valence-corrected chi connectivity index (χ2v) is 8.81. The van der Waals surface area contributed by atoms with Crippen molar-refractivity contribution in [3.05, 3.63) is 113 Å². The average Bonchev–Trinajstić information content (AvgIpc) is 3.32. The van der Waals surface area contributed by atoms with Crippen molar-refractivity contribution < 1.29 is 4.39 Å². The second kappa shape index (κ2) is 8.45. The van der Waals surface area contributed by atoms with E-state index < -0.39 is 0 Å². The molecule has 166 valence electrons. The van der Waals surface area contributed by atoms with Crippen LogP contribution in [0.2, 0.25) is 0 Å². The molecule has 0 spiro atoms. The van der Waals surface area contributed by atoms with Crippen molar-refractivity contribution in [1.82, 2.24) is 14.9 Å². The van der Waals surface area contributed by atoms with E-state index in [1.54, 1.807) is 19.2 Å². The number of benzene rings is 2. The van der Waals surface area contributed by atoms with Gasteiger partial charge in [-0.15, -0.1) is 0 Å². The van der Waals surface area contributed by atoms with Gasteiger partial charge in [0.05, 0.1) is 17.8 Å². The van der Waals surface area contributed by atoms with Crippen LogP contribution in [0.5, 0.6) is 0 Å². The highest BCUT2D eigenvalue weighted by Gasteiger charge is 2.42. The Bertz CT molecular complexity index is 1320. The number of halogens is 1. The zero-order chi connectivity index (χ0) is 23.1. The molecule has 2 atom stereocenters. The number of hydrogen-bond acceptors (Lipinski definition) is 2. The molecule has 1 aliphatic heterocycles. The van der Waals surface area contributed by atoms with Crippen molar-refractivity contribution in [2.75, 3.05) is 4.90 Å². The molecule has 0 saturated carbocycles. The topological polar surface area (TPSA) is 33.1 Å². The molecule has 5 rings (SSSR count). The number of nitrogens with zero attached hydrogens (tertiary/aromatic N) is 3. The van der Waals surface area contributed by atoms with Crippen LogP contribution in [0.3, 0.4) is 0 Å². The van der Waals surface area contributed by atoms with Crippen LogP contribution in [0.1, 0.15) is 40.3 Å². The Labute approximate surface area is 198 Å². The van der Waals surface area contributed by atoms with Crippen LogP contribution in [0, 0.1) is 26.6 Å². The van der Waals surface area contributed by atoms with E-state index in [-0.39, 0.29) is 17.9 Å². The number of aromatic nitrogens is 2. The first-order valence-electron chi connectivity index (χ1n) is 11.0. The first-order valence-corrected chi connectivity index (χ1v) is 11.4. The van der Waals surface area contributed by atoms with Crippen LogP contribution < -0.4 is 10.2 Å². The SMILES string of the molecule is Cc1cc(N2C(=S)N[C@H](c3ccccn3)[C@H]2c2cc(C)n(-c3ccccc3)c2C)ccc1F. The van der Waals surface area contributed by atoms with Gasteiger partial charge in [0, 0.05) is 29.0 Å². The van der Waals surface area contributed by atoms with Gasteiger partial charge in [-0.1, -0.05) is 24.3 Å². The summed E-state index contributed by atoms with van der Waals surface area (Å²) in [6, 6.07) is 23.3. The van der Waals surface area contributed by atoms with E-state index in [0.29, 0.717) is 10.7 Å². The zero-order valence-electron chi connectivity index (χ0n) is 18.8. The van der Waals surface area contributed by atoms with E-state index in [9.17, 15) is 4.39 Å². The summed E-state index contributed by atoms with van der Waals surface area (Å²) in [5.74, 6) is -0.225. The normalized spacial score (nSPS) is 17.9. The van der Waals surface area contributed by atoms with Gasteiger partial charge in [-0.25, -0.2) is 4.39 Å². The largest absolute Gasteiger partial charge is 0.351 e. The molecule has 33 heavy (non-hydrogen) atoms. The molecule has 1 aliphatic rings. The Morgan fingerprint density at radius 1 is 0.909 bits per heavy atom. The minimum atomic E-state index is -0.225. The molecule has 1 N–H and O–H groups in total. The third kappa shape index (κ3) is 3.70. The van der Waals surface area contributed by atoms with Gasteiger partial charge in [0.1, 0.15) is 5.82 Å². The number of rotatable bonds is 4. The highest BCUT2D eigenvalue weighted by molar-refractivity contribution is 7.80. The summed E-state index contributed by atoms with van der Waals surface area (Å²) in [4.78, 5) is 6.73. The van der Waals surface area contributed by atoms with Crippen molar-refractivity contribution >= 4 is 23.0 Å². The molecular formula is C27H25FN4S. The van der Waals surface area contributed by atoms with Crippen molar-refractivity contribution in [3.8, 4) is 5.69 Å². The van der Waals surface area contributed by atoms with E-state index in [2.05, 4.69) is 51.8 Å². The predicted molar refractivity (Wildman–Crippen MR) is 134 cm³/mol. The van der Waals surface area contributed by atoms with Crippen molar-refractivity contribution in [2.24, 2.45) is 0 Å². The van der Waals surface area contributed by atoms with Crippen molar-refractivity contribution in [3.63, 3.8) is 0 Å². The quantitative estimate of drug-likeness (QED) is 0.376. The molecule has 3 heterocycles. The lowest BCUT2D eigenvalue weighted by Crippen LogP contribution is -2.29. The number of aryl methyl sites for hydroxylation is 2. The number of anilines is 1. The van der Waals surface area contributed by atoms with E-state index in [1.165, 1.54) is 6.07 Å². The van der Waals surface area contributed by atoms with Gasteiger partial charge in [0.25, 0.3) is 0 Å². The maximum absolute atomic E-state index is 14.1. The minimum Gasteiger partial charge on any atom is -0.351 e. The molecule has 0 bridgehead atoms. The molecule has 0 unspecified atom stereocenters. The average molecular weight is 457 g/mol. The molecular weight excluding hydrogens is 431 g/mol. The first kappa shape index (κ1) is 21.3. The fourth-order valence-electron chi connectivity index (χ4n) is 4.79. The van der Waals surface area contributed by atoms with E-state index in [0.717, 1.165) is 34.0 Å². The Morgan fingerprint density at radius 2 is 1.67 bits per heavy atom. The summed E-state index contributed by atoms with van der Waals surface area (Å²) in [5.41, 5.74) is 6.91. The van der Waals surface area contributed by atoms with Gasteiger partial charge in [0.2, 0.25) is 0 Å². The summed E-state index contributed by atoms with van der Waals surface area (Å²) in [5, 5.41) is 4.09. The van der Waals surface area contributed by atoms with Gasteiger partial charge in [-0.05, 0) is 92.6 Å². The zero-order valence-corrected chi connectivity index (χ0v) is 19.6. The third-order valence-electron chi connectivity index (χ3n) is 6.32. The van der Waals surface area contributed by atoms with Gasteiger partial charge < -0.3 is 14.8 Å². The summed E-state index contributed by atoms with van der Waals surface area (Å²) in [6.07, 6.45) is 1.80. The van der Waals surface area contributed by atoms with Crippen LogP contribution in [0.15, 0.2) is 79.0 Å². The molecule has 0 aliphatic carbocycles. The second-order valence-electron chi connectivity index (χ2n) is 8.43. The maximum Gasteiger partial charge on any atom is 0.174 e. The highest BCUT2D eigenvalue weighted by atomic mass is 32.1. The molecule has 4 aromatic rings. The monoisotopic (exact) mass is 456 g/mol. The highest BCUT2D eigenvalue weighted by Crippen LogP contribution is 2.44. The number of pyridine rings is 1. The summed E-state index contributed by atoms with van der Waals surface area (Å²) < 4.78 is 16.3. The summed E-state index contributed by atoms with van der Waals surface area (Å²) >= 11 is 5.82. The minimum absolute atomic E-state index is 0.138. The summed E-state index contributed by atoms with van der Waals surface area (Å²) in [7, 11) is 0. The molecule has 0 amide bonds. The Kier molecular flexibility index (Phi) is 5.46. The molecule has 2 aromatic carbocycles. The molecule has 4 nitrogen and oxygen atoms in total. The number of nitrogens with one attached hydrogen (secondary N) is 1.